The summed E-state index contributed by atoms with van der Waals surface area (Å²) in [6.07, 6.45) is 9.42. The molecule has 2 nitrogen and oxygen atoms in total. The van der Waals surface area contributed by atoms with Gasteiger partial charge in [-0.15, -0.1) is 6.42 Å². The molecule has 1 aliphatic carbocycles. The van der Waals surface area contributed by atoms with Crippen molar-refractivity contribution in [3.63, 3.8) is 0 Å². The lowest BCUT2D eigenvalue weighted by Crippen LogP contribution is -2.12. The summed E-state index contributed by atoms with van der Waals surface area (Å²) in [7, 11) is 0. The smallest absolute Gasteiger partial charge is 0.331 e. The average molecular weight is 164 g/mol. The van der Waals surface area contributed by atoms with Crippen LogP contribution in [0.4, 0.5) is 0 Å². The molecule has 0 aromatic carbocycles. The summed E-state index contributed by atoms with van der Waals surface area (Å²) >= 11 is 0. The number of hydrogen-bond donors (Lipinski definition) is 0. The highest BCUT2D eigenvalue weighted by Crippen LogP contribution is 2.24. The third-order valence-electron chi connectivity index (χ3n) is 1.85. The Bertz CT molecular complexity index is 239. The molecule has 64 valence electrons. The topological polar surface area (TPSA) is 26.3 Å². The number of hydrogen-bond acceptors (Lipinski definition) is 2. The van der Waals surface area contributed by atoms with Crippen molar-refractivity contribution in [2.75, 3.05) is 0 Å². The van der Waals surface area contributed by atoms with Crippen LogP contribution in [0.3, 0.4) is 0 Å². The van der Waals surface area contributed by atoms with Gasteiger partial charge >= 0.3 is 5.97 Å². The van der Waals surface area contributed by atoms with Crippen molar-refractivity contribution >= 4 is 5.97 Å². The fourth-order valence-electron chi connectivity index (χ4n) is 0.934. The van der Waals surface area contributed by atoms with Gasteiger partial charge in [0.05, 0.1) is 0 Å². The Morgan fingerprint density at radius 3 is 2.83 bits per heavy atom. The van der Waals surface area contributed by atoms with Crippen LogP contribution in [0.2, 0.25) is 0 Å². The highest BCUT2D eigenvalue weighted by molar-refractivity contribution is 5.83. The number of carbonyl (C=O) groups is 1. The molecule has 0 spiro atoms. The lowest BCUT2D eigenvalue weighted by molar-refractivity contribution is -0.139. The van der Waals surface area contributed by atoms with E-state index in [4.69, 9.17) is 11.2 Å². The van der Waals surface area contributed by atoms with E-state index in [9.17, 15) is 4.79 Å². The normalized spacial score (nSPS) is 17.2. The van der Waals surface area contributed by atoms with Crippen molar-refractivity contribution in [3.8, 4) is 12.3 Å². The van der Waals surface area contributed by atoms with Crippen molar-refractivity contribution in [1.29, 1.82) is 0 Å². The van der Waals surface area contributed by atoms with E-state index in [1.54, 1.807) is 13.0 Å². The van der Waals surface area contributed by atoms with Gasteiger partial charge < -0.3 is 4.74 Å². The summed E-state index contributed by atoms with van der Waals surface area (Å²) < 4.78 is 4.85. The van der Waals surface area contributed by atoms with E-state index in [2.05, 4.69) is 5.92 Å². The SMILES string of the molecule is C#CC(C)OC(=O)C=C1CCC1. The number of terminal acetylenes is 1. The van der Waals surface area contributed by atoms with Gasteiger partial charge in [0, 0.05) is 6.08 Å². The zero-order chi connectivity index (χ0) is 8.97. The molecule has 0 N–H and O–H groups in total. The molecule has 0 amide bonds. The van der Waals surface area contributed by atoms with Gasteiger partial charge in [-0.1, -0.05) is 11.5 Å². The van der Waals surface area contributed by atoms with Gasteiger partial charge in [-0.3, -0.25) is 0 Å². The fourth-order valence-corrected chi connectivity index (χ4v) is 0.934. The van der Waals surface area contributed by atoms with Crippen LogP contribution >= 0.6 is 0 Å². The maximum absolute atomic E-state index is 11.0. The molecule has 0 aliphatic heterocycles. The van der Waals surface area contributed by atoms with Gasteiger partial charge in [0.2, 0.25) is 0 Å². The Labute approximate surface area is 72.6 Å². The van der Waals surface area contributed by atoms with E-state index in [-0.39, 0.29) is 5.97 Å². The zero-order valence-electron chi connectivity index (χ0n) is 7.17. The molecule has 0 bridgehead atoms. The van der Waals surface area contributed by atoms with Crippen LogP contribution in [-0.2, 0) is 9.53 Å². The molecular weight excluding hydrogens is 152 g/mol. The lowest BCUT2D eigenvalue weighted by atomic mass is 9.92. The molecule has 0 saturated heterocycles. The van der Waals surface area contributed by atoms with E-state index in [1.807, 2.05) is 0 Å². The summed E-state index contributed by atoms with van der Waals surface area (Å²) in [4.78, 5) is 11.0. The van der Waals surface area contributed by atoms with Crippen LogP contribution < -0.4 is 0 Å². The second kappa shape index (κ2) is 3.96. The molecule has 1 fully saturated rings. The second-order valence-corrected chi connectivity index (χ2v) is 2.90. The molecule has 2 heteroatoms. The predicted octanol–water partition coefficient (Wildman–Crippen LogP) is 1.66. The van der Waals surface area contributed by atoms with Crippen LogP contribution in [0.5, 0.6) is 0 Å². The van der Waals surface area contributed by atoms with Crippen LogP contribution in [0.1, 0.15) is 26.2 Å². The zero-order valence-corrected chi connectivity index (χ0v) is 7.17. The Morgan fingerprint density at radius 1 is 1.75 bits per heavy atom. The van der Waals surface area contributed by atoms with Crippen molar-refractivity contribution in [1.82, 2.24) is 0 Å². The van der Waals surface area contributed by atoms with Crippen LogP contribution in [0, 0.1) is 12.3 Å². The molecule has 1 rings (SSSR count). The molecule has 0 aromatic rings. The third kappa shape index (κ3) is 2.43. The Balaban J connectivity index is 2.34. The fraction of sp³-hybridized carbons (Fsp3) is 0.500. The second-order valence-electron chi connectivity index (χ2n) is 2.90. The molecular formula is C10H12O2. The molecule has 1 atom stereocenters. The Hall–Kier alpha value is -1.23. The molecule has 0 heterocycles. The van der Waals surface area contributed by atoms with Crippen LogP contribution in [0.15, 0.2) is 11.6 Å². The summed E-state index contributed by atoms with van der Waals surface area (Å²) in [6, 6.07) is 0. The van der Waals surface area contributed by atoms with Gasteiger partial charge in [0.15, 0.2) is 6.10 Å². The monoisotopic (exact) mass is 164 g/mol. The quantitative estimate of drug-likeness (QED) is 0.352. The van der Waals surface area contributed by atoms with Crippen LogP contribution in [-0.4, -0.2) is 12.1 Å². The van der Waals surface area contributed by atoms with Crippen molar-refractivity contribution in [3.05, 3.63) is 11.6 Å². The standard InChI is InChI=1S/C10H12O2/c1-3-8(2)12-10(11)7-9-5-4-6-9/h1,7-8H,4-6H2,2H3. The number of esters is 1. The van der Waals surface area contributed by atoms with E-state index < -0.39 is 6.10 Å². The van der Waals surface area contributed by atoms with Crippen molar-refractivity contribution < 1.29 is 9.53 Å². The molecule has 1 saturated carbocycles. The summed E-state index contributed by atoms with van der Waals surface area (Å²) in [5, 5.41) is 0. The minimum absolute atomic E-state index is 0.310. The molecule has 0 aromatic heterocycles. The summed E-state index contributed by atoms with van der Waals surface area (Å²) in [5.41, 5.74) is 1.17. The van der Waals surface area contributed by atoms with E-state index >= 15 is 0 Å². The first kappa shape index (κ1) is 8.86. The van der Waals surface area contributed by atoms with Gasteiger partial charge in [-0.05, 0) is 26.2 Å². The first-order chi connectivity index (χ1) is 5.72. The largest absolute Gasteiger partial charge is 0.446 e. The van der Waals surface area contributed by atoms with Gasteiger partial charge in [-0.2, -0.15) is 0 Å². The van der Waals surface area contributed by atoms with E-state index in [1.165, 1.54) is 12.0 Å². The molecule has 0 radical (unpaired) electrons. The molecule has 12 heavy (non-hydrogen) atoms. The lowest BCUT2D eigenvalue weighted by Gasteiger charge is -2.15. The van der Waals surface area contributed by atoms with E-state index in [0.29, 0.717) is 0 Å². The number of ether oxygens (including phenoxy) is 1. The highest BCUT2D eigenvalue weighted by atomic mass is 16.5. The van der Waals surface area contributed by atoms with Crippen molar-refractivity contribution in [2.24, 2.45) is 0 Å². The maximum Gasteiger partial charge on any atom is 0.331 e. The van der Waals surface area contributed by atoms with Crippen molar-refractivity contribution in [2.45, 2.75) is 32.3 Å². The third-order valence-corrected chi connectivity index (χ3v) is 1.85. The number of carbonyl (C=O) groups excluding carboxylic acids is 1. The van der Waals surface area contributed by atoms with Gasteiger partial charge in [-0.25, -0.2) is 4.79 Å². The molecule has 1 aliphatic rings. The van der Waals surface area contributed by atoms with E-state index in [0.717, 1.165) is 12.8 Å². The van der Waals surface area contributed by atoms with Gasteiger partial charge in [0.1, 0.15) is 0 Å². The molecule has 1 unspecified atom stereocenters. The average Bonchev–Trinajstić information content (AvgIpc) is 1.97. The van der Waals surface area contributed by atoms with Gasteiger partial charge in [0.25, 0.3) is 0 Å². The minimum atomic E-state index is -0.422. The predicted molar refractivity (Wildman–Crippen MR) is 46.3 cm³/mol. The summed E-state index contributed by atoms with van der Waals surface area (Å²) in [6.45, 7) is 1.68. The summed E-state index contributed by atoms with van der Waals surface area (Å²) in [5.74, 6) is 2.02. The Kier molecular flexibility index (Phi) is 2.93. The van der Waals surface area contributed by atoms with Crippen LogP contribution in [0.25, 0.3) is 0 Å². The number of allylic oxidation sites excluding steroid dienone is 1. The Morgan fingerprint density at radius 2 is 2.42 bits per heavy atom. The first-order valence-corrected chi connectivity index (χ1v) is 4.08. The minimum Gasteiger partial charge on any atom is -0.446 e. The number of rotatable bonds is 2. The maximum atomic E-state index is 11.0. The highest BCUT2D eigenvalue weighted by Gasteiger charge is 2.11. The first-order valence-electron chi connectivity index (χ1n) is 4.08.